The number of carbonyl (C=O) groups excluding carboxylic acids is 1. The minimum absolute atomic E-state index is 0. The molecular weight excluding hydrogens is 166 g/mol. The summed E-state index contributed by atoms with van der Waals surface area (Å²) in [5.41, 5.74) is 0. The Labute approximate surface area is 83.3 Å². The molecule has 0 radical (unpaired) electrons. The fourth-order valence-corrected chi connectivity index (χ4v) is 0.748. The van der Waals surface area contributed by atoms with Crippen molar-refractivity contribution in [2.75, 3.05) is 13.2 Å². The summed E-state index contributed by atoms with van der Waals surface area (Å²) in [5.74, 6) is 0. The summed E-state index contributed by atoms with van der Waals surface area (Å²) in [4.78, 5) is 10.7. The van der Waals surface area contributed by atoms with Gasteiger partial charge >= 0.3 is 6.09 Å². The lowest BCUT2D eigenvalue weighted by Gasteiger charge is -2.03. The van der Waals surface area contributed by atoms with E-state index < -0.39 is 0 Å². The van der Waals surface area contributed by atoms with Crippen molar-refractivity contribution in [3.05, 3.63) is 0 Å². The van der Waals surface area contributed by atoms with Crippen LogP contribution >= 0.6 is 0 Å². The van der Waals surface area contributed by atoms with Crippen molar-refractivity contribution in [2.24, 2.45) is 0 Å². The lowest BCUT2D eigenvalue weighted by atomic mass is 10.2. The van der Waals surface area contributed by atoms with Gasteiger partial charge in [-0.05, 0) is 13.3 Å². The molecule has 82 valence electrons. The Bertz CT molecular complexity index is 110. The van der Waals surface area contributed by atoms with E-state index in [-0.39, 0.29) is 7.52 Å². The number of unbranched alkanes of at least 4 members (excludes halogenated alkanes) is 2. The minimum Gasteiger partial charge on any atom is -0.450 e. The zero-order valence-electron chi connectivity index (χ0n) is 9.35. The lowest BCUT2D eigenvalue weighted by molar-refractivity contribution is 0.152. The molecule has 0 fully saturated rings. The molecule has 0 aromatic carbocycles. The average Bonchev–Trinajstić information content (AvgIpc) is 2.16. The summed E-state index contributed by atoms with van der Waals surface area (Å²) in [6, 6.07) is 0. The zero-order valence-corrected chi connectivity index (χ0v) is 9.35. The summed E-state index contributed by atoms with van der Waals surface area (Å²) < 4.78 is 4.67. The van der Waals surface area contributed by atoms with E-state index in [0.29, 0.717) is 6.61 Å². The number of rotatable bonds is 5. The van der Waals surface area contributed by atoms with Crippen LogP contribution in [0.5, 0.6) is 0 Å². The molecule has 3 heteroatoms. The molecular formula is C10H25NO2. The summed E-state index contributed by atoms with van der Waals surface area (Å²) in [7, 11) is 0. The number of alkyl carbamates (subject to hydrolysis) is 1. The van der Waals surface area contributed by atoms with Gasteiger partial charge < -0.3 is 10.1 Å². The SMILES string of the molecule is CC.CCCCCNC(=O)OCC.[HH]. The molecule has 0 atom stereocenters. The number of ether oxygens (including phenoxy) is 1. The Morgan fingerprint density at radius 3 is 2.38 bits per heavy atom. The van der Waals surface area contributed by atoms with Crippen LogP contribution in [0.15, 0.2) is 0 Å². The van der Waals surface area contributed by atoms with Gasteiger partial charge in [0.1, 0.15) is 0 Å². The second-order valence-corrected chi connectivity index (χ2v) is 2.35. The molecule has 13 heavy (non-hydrogen) atoms. The second kappa shape index (κ2) is 13.8. The first-order valence-electron chi connectivity index (χ1n) is 5.21. The van der Waals surface area contributed by atoms with Gasteiger partial charge in [0.25, 0.3) is 0 Å². The predicted octanol–water partition coefficient (Wildman–Crippen LogP) is 3.19. The van der Waals surface area contributed by atoms with Gasteiger partial charge in [0, 0.05) is 7.97 Å². The minimum atomic E-state index is -0.302. The molecule has 0 aromatic heterocycles. The molecule has 0 saturated carbocycles. The Morgan fingerprint density at radius 1 is 1.31 bits per heavy atom. The molecule has 0 rings (SSSR count). The highest BCUT2D eigenvalue weighted by molar-refractivity contribution is 5.66. The smallest absolute Gasteiger partial charge is 0.407 e. The van der Waals surface area contributed by atoms with Crippen LogP contribution in [0.3, 0.4) is 0 Å². The first-order valence-corrected chi connectivity index (χ1v) is 5.21. The van der Waals surface area contributed by atoms with Crippen LogP contribution in [0.25, 0.3) is 0 Å². The molecule has 0 aliphatic rings. The number of hydrogen-bond donors (Lipinski definition) is 1. The standard InChI is InChI=1S/C8H17NO2.C2H6.H2/c1-3-5-6-7-9-8(10)11-4-2;1-2;/h3-7H2,1-2H3,(H,9,10);1-2H3;1H. The Morgan fingerprint density at radius 2 is 1.92 bits per heavy atom. The number of nitrogens with one attached hydrogen (secondary N) is 1. The fourth-order valence-electron chi connectivity index (χ4n) is 0.748. The first kappa shape index (κ1) is 14.8. The van der Waals surface area contributed by atoms with Crippen molar-refractivity contribution in [3.63, 3.8) is 0 Å². The van der Waals surface area contributed by atoms with E-state index in [1.807, 2.05) is 13.8 Å². The van der Waals surface area contributed by atoms with Crippen LogP contribution in [0.1, 0.15) is 48.4 Å². The predicted molar refractivity (Wildman–Crippen MR) is 58.0 cm³/mol. The van der Waals surface area contributed by atoms with Crippen molar-refractivity contribution >= 4 is 6.09 Å². The highest BCUT2D eigenvalue weighted by Gasteiger charge is 1.96. The van der Waals surface area contributed by atoms with Gasteiger partial charge in [-0.25, -0.2) is 4.79 Å². The Balaban J connectivity index is -0.000000376. The summed E-state index contributed by atoms with van der Waals surface area (Å²) >= 11 is 0. The lowest BCUT2D eigenvalue weighted by Crippen LogP contribution is -2.25. The summed E-state index contributed by atoms with van der Waals surface area (Å²) in [5, 5.41) is 2.66. The fraction of sp³-hybridized carbons (Fsp3) is 0.900. The average molecular weight is 191 g/mol. The van der Waals surface area contributed by atoms with E-state index in [1.165, 1.54) is 6.42 Å². The van der Waals surface area contributed by atoms with Crippen molar-refractivity contribution in [1.29, 1.82) is 0 Å². The van der Waals surface area contributed by atoms with E-state index in [4.69, 9.17) is 0 Å². The van der Waals surface area contributed by atoms with Crippen LogP contribution in [-0.2, 0) is 4.74 Å². The van der Waals surface area contributed by atoms with Gasteiger partial charge in [-0.1, -0.05) is 33.6 Å². The van der Waals surface area contributed by atoms with Crippen molar-refractivity contribution in [3.8, 4) is 0 Å². The molecule has 1 amide bonds. The van der Waals surface area contributed by atoms with Crippen molar-refractivity contribution in [2.45, 2.75) is 47.0 Å². The molecule has 0 heterocycles. The molecule has 0 aliphatic carbocycles. The van der Waals surface area contributed by atoms with Crippen molar-refractivity contribution < 1.29 is 11.0 Å². The second-order valence-electron chi connectivity index (χ2n) is 2.35. The van der Waals surface area contributed by atoms with Crippen LogP contribution in [0.4, 0.5) is 4.79 Å². The van der Waals surface area contributed by atoms with Gasteiger partial charge in [-0.2, -0.15) is 0 Å². The zero-order chi connectivity index (χ0) is 10.5. The summed E-state index contributed by atoms with van der Waals surface area (Å²) in [6.07, 6.45) is 3.07. The topological polar surface area (TPSA) is 38.3 Å². The number of amides is 1. The van der Waals surface area contributed by atoms with E-state index >= 15 is 0 Å². The van der Waals surface area contributed by atoms with Gasteiger partial charge in [-0.3, -0.25) is 0 Å². The highest BCUT2D eigenvalue weighted by Crippen LogP contribution is 1.91. The maximum absolute atomic E-state index is 10.7. The van der Waals surface area contributed by atoms with Gasteiger partial charge in [0.05, 0.1) is 6.61 Å². The molecule has 0 aromatic rings. The van der Waals surface area contributed by atoms with E-state index in [9.17, 15) is 4.79 Å². The quantitative estimate of drug-likeness (QED) is 0.678. The van der Waals surface area contributed by atoms with E-state index in [2.05, 4.69) is 17.0 Å². The van der Waals surface area contributed by atoms with Crippen molar-refractivity contribution in [1.82, 2.24) is 5.32 Å². The highest BCUT2D eigenvalue weighted by atomic mass is 16.5. The van der Waals surface area contributed by atoms with Crippen LogP contribution in [0.2, 0.25) is 0 Å². The first-order chi connectivity index (χ1) is 6.31. The molecule has 1 N–H and O–H groups in total. The maximum Gasteiger partial charge on any atom is 0.407 e. The van der Waals surface area contributed by atoms with Crippen LogP contribution < -0.4 is 5.32 Å². The van der Waals surface area contributed by atoms with Gasteiger partial charge in [0.15, 0.2) is 0 Å². The van der Waals surface area contributed by atoms with Gasteiger partial charge in [0.2, 0.25) is 0 Å². The molecule has 0 unspecified atom stereocenters. The molecule has 0 bridgehead atoms. The van der Waals surface area contributed by atoms with Gasteiger partial charge in [-0.15, -0.1) is 0 Å². The summed E-state index contributed by atoms with van der Waals surface area (Å²) in [6.45, 7) is 9.10. The van der Waals surface area contributed by atoms with E-state index in [0.717, 1.165) is 19.4 Å². The Kier molecular flexibility index (Phi) is 15.7. The number of hydrogen-bond acceptors (Lipinski definition) is 2. The van der Waals surface area contributed by atoms with E-state index in [1.54, 1.807) is 6.92 Å². The molecule has 3 nitrogen and oxygen atoms in total. The molecule has 0 saturated heterocycles. The van der Waals surface area contributed by atoms with Crippen LogP contribution in [-0.4, -0.2) is 19.2 Å². The van der Waals surface area contributed by atoms with Crippen LogP contribution in [0, 0.1) is 0 Å². The molecule has 0 aliphatic heterocycles. The maximum atomic E-state index is 10.7. The normalized spacial score (nSPS) is 8.31. The molecule has 0 spiro atoms. The number of carbonyl (C=O) groups is 1. The monoisotopic (exact) mass is 191 g/mol. The Hall–Kier alpha value is -0.730. The largest absolute Gasteiger partial charge is 0.450 e. The third kappa shape index (κ3) is 14.2. The third-order valence-corrected chi connectivity index (χ3v) is 1.33. The third-order valence-electron chi connectivity index (χ3n) is 1.33.